The highest BCUT2D eigenvalue weighted by Crippen LogP contribution is 2.38. The van der Waals surface area contributed by atoms with Crippen LogP contribution in [0.1, 0.15) is 18.1 Å². The van der Waals surface area contributed by atoms with Crippen LogP contribution >= 0.6 is 11.6 Å². The number of rotatable bonds is 7. The molecule has 3 aromatic rings. The number of carbonyl (C=O) groups excluding carboxylic acids is 2. The van der Waals surface area contributed by atoms with Gasteiger partial charge in [-0.25, -0.2) is 0 Å². The Hall–Kier alpha value is -3.61. The van der Waals surface area contributed by atoms with Crippen LogP contribution in [-0.2, 0) is 9.59 Å². The van der Waals surface area contributed by atoms with Gasteiger partial charge in [0, 0.05) is 29.0 Å². The number of carbonyl (C=O) groups is 2. The lowest BCUT2D eigenvalue weighted by atomic mass is 10.00. The van der Waals surface area contributed by atoms with E-state index in [4.69, 9.17) is 11.6 Å². The van der Waals surface area contributed by atoms with Crippen molar-refractivity contribution in [2.45, 2.75) is 6.92 Å². The molecule has 0 aromatic heterocycles. The van der Waals surface area contributed by atoms with Crippen LogP contribution in [0, 0.1) is 0 Å². The number of hydrogen-bond donors (Lipinski definition) is 2. The lowest BCUT2D eigenvalue weighted by molar-refractivity contribution is -0.119. The fourth-order valence-corrected chi connectivity index (χ4v) is 3.95. The van der Waals surface area contributed by atoms with Crippen molar-refractivity contribution in [1.29, 1.82) is 0 Å². The summed E-state index contributed by atoms with van der Waals surface area (Å²) in [5.74, 6) is -0.166. The van der Waals surface area contributed by atoms with E-state index < -0.39 is 0 Å². The summed E-state index contributed by atoms with van der Waals surface area (Å²) >= 11 is 6.13. The Morgan fingerprint density at radius 3 is 2.38 bits per heavy atom. The van der Waals surface area contributed by atoms with Crippen molar-refractivity contribution in [2.75, 3.05) is 42.7 Å². The van der Waals surface area contributed by atoms with Gasteiger partial charge >= 0.3 is 0 Å². The number of fused-ring (bicyclic) bond motifs is 1. The van der Waals surface area contributed by atoms with Crippen LogP contribution in [0.5, 0.6) is 0 Å². The Balaban J connectivity index is 1.67. The first kappa shape index (κ1) is 23.5. The molecule has 2 N–H and O–H groups in total. The van der Waals surface area contributed by atoms with Crippen molar-refractivity contribution >= 4 is 51.7 Å². The van der Waals surface area contributed by atoms with Gasteiger partial charge in [0.1, 0.15) is 0 Å². The van der Waals surface area contributed by atoms with Crippen LogP contribution in [0.25, 0.3) is 11.3 Å². The molecule has 7 heteroatoms. The van der Waals surface area contributed by atoms with E-state index in [0.717, 1.165) is 29.0 Å². The van der Waals surface area contributed by atoms with E-state index >= 15 is 0 Å². The standard InChI is InChI=1S/C27H27ClN4O2/c1-4-31(2)17-24(33)32(3)21-13-11-20(12-14-21)29-26(18-8-6-5-7-9-18)25-22-15-10-19(28)16-23(22)30-27(25)34/h5-16,29H,4,17H2,1-3H3,(H,30,34). The van der Waals surface area contributed by atoms with E-state index in [-0.39, 0.29) is 11.8 Å². The van der Waals surface area contributed by atoms with Crippen molar-refractivity contribution in [3.63, 3.8) is 0 Å². The first-order valence-corrected chi connectivity index (χ1v) is 11.5. The maximum atomic E-state index is 13.0. The van der Waals surface area contributed by atoms with Gasteiger partial charge < -0.3 is 15.5 Å². The third kappa shape index (κ3) is 4.98. The lowest BCUT2D eigenvalue weighted by Gasteiger charge is -2.21. The molecule has 174 valence electrons. The van der Waals surface area contributed by atoms with E-state index in [1.54, 1.807) is 24.1 Å². The summed E-state index contributed by atoms with van der Waals surface area (Å²) in [6.45, 7) is 3.18. The average molecular weight is 475 g/mol. The second kappa shape index (κ2) is 10.1. The summed E-state index contributed by atoms with van der Waals surface area (Å²) in [4.78, 5) is 29.1. The fourth-order valence-electron chi connectivity index (χ4n) is 3.78. The summed E-state index contributed by atoms with van der Waals surface area (Å²) in [5.41, 5.74) is 5.22. The van der Waals surface area contributed by atoms with Gasteiger partial charge in [0.25, 0.3) is 5.91 Å². The molecule has 34 heavy (non-hydrogen) atoms. The SMILES string of the molecule is CCN(C)CC(=O)N(C)c1ccc(NC(=C2C(=O)Nc3cc(Cl)ccc32)c2ccccc2)cc1. The number of likely N-dealkylation sites (N-methyl/N-ethyl adjacent to an activating group) is 2. The van der Waals surface area contributed by atoms with E-state index in [1.165, 1.54) is 0 Å². The monoisotopic (exact) mass is 474 g/mol. The molecule has 2 amide bonds. The normalized spacial score (nSPS) is 14.0. The smallest absolute Gasteiger partial charge is 0.258 e. The Morgan fingerprint density at radius 2 is 1.71 bits per heavy atom. The van der Waals surface area contributed by atoms with E-state index in [9.17, 15) is 9.59 Å². The maximum Gasteiger partial charge on any atom is 0.258 e. The second-order valence-electron chi connectivity index (χ2n) is 8.22. The Labute approximate surface area is 204 Å². The van der Waals surface area contributed by atoms with Crippen LogP contribution in [0.2, 0.25) is 5.02 Å². The third-order valence-corrected chi connectivity index (χ3v) is 6.12. The topological polar surface area (TPSA) is 64.7 Å². The molecule has 0 spiro atoms. The highest BCUT2D eigenvalue weighted by molar-refractivity contribution is 6.38. The molecule has 1 aliphatic heterocycles. The van der Waals surface area contributed by atoms with Gasteiger partial charge in [-0.05, 0) is 55.6 Å². The number of benzene rings is 3. The van der Waals surface area contributed by atoms with Crippen LogP contribution in [-0.4, -0.2) is 43.9 Å². The Morgan fingerprint density at radius 1 is 1.00 bits per heavy atom. The van der Waals surface area contributed by atoms with Crippen LogP contribution in [0.15, 0.2) is 72.8 Å². The number of anilines is 3. The van der Waals surface area contributed by atoms with E-state index in [1.807, 2.05) is 79.5 Å². The van der Waals surface area contributed by atoms with E-state index in [0.29, 0.717) is 28.5 Å². The Kier molecular flexibility index (Phi) is 7.01. The third-order valence-electron chi connectivity index (χ3n) is 5.88. The largest absolute Gasteiger partial charge is 0.354 e. The number of amides is 2. The maximum absolute atomic E-state index is 13.0. The van der Waals surface area contributed by atoms with Crippen molar-refractivity contribution in [2.24, 2.45) is 0 Å². The molecule has 3 aromatic carbocycles. The number of nitrogens with one attached hydrogen (secondary N) is 2. The van der Waals surface area contributed by atoms with Gasteiger partial charge in [0.15, 0.2) is 0 Å². The average Bonchev–Trinajstić information content (AvgIpc) is 3.17. The molecule has 4 rings (SSSR count). The van der Waals surface area contributed by atoms with Gasteiger partial charge in [-0.3, -0.25) is 14.5 Å². The zero-order chi connectivity index (χ0) is 24.2. The van der Waals surface area contributed by atoms with Gasteiger partial charge in [-0.1, -0.05) is 54.9 Å². The summed E-state index contributed by atoms with van der Waals surface area (Å²) in [6, 6.07) is 22.7. The van der Waals surface area contributed by atoms with Gasteiger partial charge in [0.05, 0.1) is 23.5 Å². The zero-order valence-corrected chi connectivity index (χ0v) is 20.2. The lowest BCUT2D eigenvalue weighted by Crippen LogP contribution is -2.36. The first-order valence-electron chi connectivity index (χ1n) is 11.1. The van der Waals surface area contributed by atoms with Crippen LogP contribution in [0.3, 0.4) is 0 Å². The molecule has 0 radical (unpaired) electrons. The van der Waals surface area contributed by atoms with E-state index in [2.05, 4.69) is 10.6 Å². The predicted molar refractivity (Wildman–Crippen MR) is 140 cm³/mol. The van der Waals surface area contributed by atoms with Crippen molar-refractivity contribution in [3.8, 4) is 0 Å². The zero-order valence-electron chi connectivity index (χ0n) is 19.4. The molecule has 0 saturated heterocycles. The second-order valence-corrected chi connectivity index (χ2v) is 8.65. The molecule has 0 fully saturated rings. The van der Waals surface area contributed by atoms with Gasteiger partial charge in [0.2, 0.25) is 5.91 Å². The first-order chi connectivity index (χ1) is 16.4. The molecular weight excluding hydrogens is 448 g/mol. The summed E-state index contributed by atoms with van der Waals surface area (Å²) in [7, 11) is 3.69. The molecule has 0 bridgehead atoms. The van der Waals surface area contributed by atoms with Crippen molar-refractivity contribution < 1.29 is 9.59 Å². The molecule has 1 heterocycles. The highest BCUT2D eigenvalue weighted by Gasteiger charge is 2.28. The van der Waals surface area contributed by atoms with Gasteiger partial charge in [-0.15, -0.1) is 0 Å². The van der Waals surface area contributed by atoms with Gasteiger partial charge in [-0.2, -0.15) is 0 Å². The summed E-state index contributed by atoms with van der Waals surface area (Å²) in [6.07, 6.45) is 0. The molecule has 6 nitrogen and oxygen atoms in total. The minimum absolute atomic E-state index is 0.0232. The molecule has 0 aliphatic carbocycles. The summed E-state index contributed by atoms with van der Waals surface area (Å²) in [5, 5.41) is 6.91. The molecule has 0 atom stereocenters. The number of nitrogens with zero attached hydrogens (tertiary/aromatic N) is 2. The van der Waals surface area contributed by atoms with Crippen molar-refractivity contribution in [3.05, 3.63) is 88.9 Å². The highest BCUT2D eigenvalue weighted by atomic mass is 35.5. The van der Waals surface area contributed by atoms with Crippen LogP contribution in [0.4, 0.5) is 17.1 Å². The van der Waals surface area contributed by atoms with Crippen LogP contribution < -0.4 is 15.5 Å². The van der Waals surface area contributed by atoms with Crippen molar-refractivity contribution in [1.82, 2.24) is 4.90 Å². The fraction of sp³-hybridized carbons (Fsp3) is 0.185. The number of hydrogen-bond acceptors (Lipinski definition) is 4. The minimum Gasteiger partial charge on any atom is -0.354 e. The minimum atomic E-state index is -0.189. The predicted octanol–water partition coefficient (Wildman–Crippen LogP) is 5.19. The molecule has 0 saturated carbocycles. The molecule has 0 unspecified atom stereocenters. The number of halogens is 1. The summed E-state index contributed by atoms with van der Waals surface area (Å²) < 4.78 is 0. The quantitative estimate of drug-likeness (QED) is 0.463. The molecular formula is C27H27ClN4O2. The Bertz CT molecular complexity index is 1240. The molecule has 1 aliphatic rings.